The lowest BCUT2D eigenvalue weighted by Crippen LogP contribution is -2.30. The second kappa shape index (κ2) is 6.36. The average molecular weight is 201 g/mol. The molecule has 13 heavy (non-hydrogen) atoms. The molecule has 0 unspecified atom stereocenters. The lowest BCUT2D eigenvalue weighted by molar-refractivity contribution is 0.901. The van der Waals surface area contributed by atoms with Crippen LogP contribution in [0.1, 0.15) is 13.8 Å². The molecule has 0 radical (unpaired) electrons. The fraction of sp³-hybridized carbons (Fsp3) is 0.571. The zero-order valence-electron chi connectivity index (χ0n) is 8.30. The maximum atomic E-state index is 4.84. The Morgan fingerprint density at radius 3 is 2.08 bits per heavy atom. The predicted octanol–water partition coefficient (Wildman–Crippen LogP) is 0.0515. The van der Waals surface area contributed by atoms with E-state index in [0.717, 1.165) is 11.4 Å². The van der Waals surface area contributed by atoms with Gasteiger partial charge in [-0.1, -0.05) is 0 Å². The van der Waals surface area contributed by atoms with E-state index < -0.39 is 0 Å². The molecule has 6 heteroatoms. The number of nitrogens with one attached hydrogen (secondary N) is 3. The van der Waals surface area contributed by atoms with E-state index in [1.54, 1.807) is 14.1 Å². The molecule has 3 N–H and O–H groups in total. The molecule has 0 spiro atoms. The normalized spacial score (nSPS) is 12.3. The molecule has 0 saturated carbocycles. The second-order valence-corrected chi connectivity index (χ2v) is 2.72. The first-order valence-corrected chi connectivity index (χ1v) is 4.26. The average Bonchev–Trinajstić information content (AvgIpc) is 2.13. The summed E-state index contributed by atoms with van der Waals surface area (Å²) >= 11 is 4.84. The summed E-state index contributed by atoms with van der Waals surface area (Å²) in [6.07, 6.45) is 0. The fourth-order valence-corrected chi connectivity index (χ4v) is 0.566. The van der Waals surface area contributed by atoms with Crippen LogP contribution in [0.2, 0.25) is 0 Å². The first kappa shape index (κ1) is 11.8. The molecule has 0 rings (SSSR count). The summed E-state index contributed by atoms with van der Waals surface area (Å²) < 4.78 is 0. The van der Waals surface area contributed by atoms with Crippen molar-refractivity contribution in [2.24, 2.45) is 10.2 Å². The standard InChI is InChI=1S/C7H15N5S/c1-5(10-9-4)6(2)11-12-7(13)8-3/h9H,1-4H3,(H2,8,12,13)/b10-5+,11-6+. The third kappa shape index (κ3) is 5.13. The Labute approximate surface area is 83.7 Å². The maximum Gasteiger partial charge on any atom is 0.186 e. The molecule has 0 aromatic heterocycles. The van der Waals surface area contributed by atoms with Gasteiger partial charge in [0.15, 0.2) is 5.11 Å². The van der Waals surface area contributed by atoms with Gasteiger partial charge in [0.25, 0.3) is 0 Å². The van der Waals surface area contributed by atoms with Crippen molar-refractivity contribution < 1.29 is 0 Å². The Balaban J connectivity index is 4.16. The smallest absolute Gasteiger partial charge is 0.186 e. The molecule has 0 aliphatic heterocycles. The van der Waals surface area contributed by atoms with Gasteiger partial charge in [0, 0.05) is 14.1 Å². The van der Waals surface area contributed by atoms with E-state index in [-0.39, 0.29) is 0 Å². The van der Waals surface area contributed by atoms with Crippen molar-refractivity contribution in [3.63, 3.8) is 0 Å². The first-order valence-electron chi connectivity index (χ1n) is 3.85. The monoisotopic (exact) mass is 201 g/mol. The number of hydrogen-bond acceptors (Lipinski definition) is 4. The highest BCUT2D eigenvalue weighted by atomic mass is 32.1. The molecular weight excluding hydrogens is 186 g/mol. The summed E-state index contributed by atoms with van der Waals surface area (Å²) in [6.45, 7) is 3.71. The van der Waals surface area contributed by atoms with Crippen molar-refractivity contribution >= 4 is 28.8 Å². The third-order valence-corrected chi connectivity index (χ3v) is 1.65. The minimum atomic E-state index is 0.483. The Morgan fingerprint density at radius 2 is 1.62 bits per heavy atom. The molecule has 5 nitrogen and oxygen atoms in total. The minimum Gasteiger partial charge on any atom is -0.364 e. The lowest BCUT2D eigenvalue weighted by atomic mass is 10.3. The van der Waals surface area contributed by atoms with Crippen LogP contribution in [0, 0.1) is 0 Å². The van der Waals surface area contributed by atoms with Gasteiger partial charge in [-0.15, -0.1) is 0 Å². The van der Waals surface area contributed by atoms with E-state index in [1.165, 1.54) is 0 Å². The van der Waals surface area contributed by atoms with Gasteiger partial charge >= 0.3 is 0 Å². The molecule has 0 saturated heterocycles. The Bertz CT molecular complexity index is 233. The molecule has 0 atom stereocenters. The molecule has 0 aromatic carbocycles. The highest BCUT2D eigenvalue weighted by molar-refractivity contribution is 7.80. The van der Waals surface area contributed by atoms with Crippen LogP contribution in [0.15, 0.2) is 10.2 Å². The molecule has 0 fully saturated rings. The van der Waals surface area contributed by atoms with Crippen molar-refractivity contribution in [3.8, 4) is 0 Å². The van der Waals surface area contributed by atoms with Gasteiger partial charge in [-0.2, -0.15) is 10.2 Å². The van der Waals surface area contributed by atoms with Gasteiger partial charge in [-0.3, -0.25) is 5.43 Å². The zero-order chi connectivity index (χ0) is 10.3. The predicted molar refractivity (Wildman–Crippen MR) is 60.1 cm³/mol. The van der Waals surface area contributed by atoms with Gasteiger partial charge in [-0.05, 0) is 26.1 Å². The van der Waals surface area contributed by atoms with Gasteiger partial charge in [0.2, 0.25) is 0 Å². The third-order valence-electron chi connectivity index (χ3n) is 1.36. The van der Waals surface area contributed by atoms with Crippen molar-refractivity contribution in [2.75, 3.05) is 14.1 Å². The van der Waals surface area contributed by atoms with E-state index in [4.69, 9.17) is 12.2 Å². The quantitative estimate of drug-likeness (QED) is 0.343. The van der Waals surface area contributed by atoms with Gasteiger partial charge in [-0.25, -0.2) is 0 Å². The highest BCUT2D eigenvalue weighted by Crippen LogP contribution is 1.81. The summed E-state index contributed by atoms with van der Waals surface area (Å²) in [6, 6.07) is 0. The molecule has 0 bridgehead atoms. The SMILES string of the molecule is CN/N=C(C)/C(C)=N/NC(=S)NC. The van der Waals surface area contributed by atoms with E-state index in [0.29, 0.717) is 5.11 Å². The Kier molecular flexibility index (Phi) is 5.79. The molecular formula is C7H15N5S. The summed E-state index contributed by atoms with van der Waals surface area (Å²) in [7, 11) is 3.47. The summed E-state index contributed by atoms with van der Waals surface area (Å²) in [5, 5.41) is 11.2. The lowest BCUT2D eigenvalue weighted by Gasteiger charge is -2.03. The van der Waals surface area contributed by atoms with Gasteiger partial charge in [0.1, 0.15) is 0 Å². The van der Waals surface area contributed by atoms with Crippen LogP contribution >= 0.6 is 12.2 Å². The van der Waals surface area contributed by atoms with Crippen LogP contribution in [0.3, 0.4) is 0 Å². The number of nitrogens with zero attached hydrogens (tertiary/aromatic N) is 2. The van der Waals surface area contributed by atoms with Crippen molar-refractivity contribution in [3.05, 3.63) is 0 Å². The molecule has 0 heterocycles. The van der Waals surface area contributed by atoms with Gasteiger partial charge in [0.05, 0.1) is 11.4 Å². The van der Waals surface area contributed by atoms with Crippen molar-refractivity contribution in [1.82, 2.24) is 16.2 Å². The van der Waals surface area contributed by atoms with E-state index in [1.807, 2.05) is 13.8 Å². The highest BCUT2D eigenvalue weighted by Gasteiger charge is 1.96. The maximum absolute atomic E-state index is 4.84. The fourth-order valence-electron chi connectivity index (χ4n) is 0.520. The Hall–Kier alpha value is -1.17. The van der Waals surface area contributed by atoms with E-state index >= 15 is 0 Å². The topological polar surface area (TPSA) is 60.8 Å². The Morgan fingerprint density at radius 1 is 1.08 bits per heavy atom. The van der Waals surface area contributed by atoms with Gasteiger partial charge < -0.3 is 10.7 Å². The van der Waals surface area contributed by atoms with E-state index in [2.05, 4.69) is 26.4 Å². The number of hydrazone groups is 2. The van der Waals surface area contributed by atoms with Crippen LogP contribution in [0.25, 0.3) is 0 Å². The van der Waals surface area contributed by atoms with Crippen LogP contribution in [0.4, 0.5) is 0 Å². The molecule has 74 valence electrons. The largest absolute Gasteiger partial charge is 0.364 e. The number of rotatable bonds is 3. The molecule has 0 amide bonds. The first-order chi connectivity index (χ1) is 6.11. The molecule has 0 aliphatic rings. The molecule has 0 aromatic rings. The van der Waals surface area contributed by atoms with Crippen molar-refractivity contribution in [2.45, 2.75) is 13.8 Å². The summed E-state index contributed by atoms with van der Waals surface area (Å²) in [4.78, 5) is 0. The van der Waals surface area contributed by atoms with Crippen LogP contribution < -0.4 is 16.2 Å². The second-order valence-electron chi connectivity index (χ2n) is 2.31. The summed E-state index contributed by atoms with van der Waals surface area (Å²) in [5.74, 6) is 0. The minimum absolute atomic E-state index is 0.483. The summed E-state index contributed by atoms with van der Waals surface area (Å²) in [5.41, 5.74) is 6.95. The molecule has 0 aliphatic carbocycles. The van der Waals surface area contributed by atoms with Crippen LogP contribution in [-0.2, 0) is 0 Å². The zero-order valence-corrected chi connectivity index (χ0v) is 9.12. The van der Waals surface area contributed by atoms with Crippen LogP contribution in [0.5, 0.6) is 0 Å². The van der Waals surface area contributed by atoms with Crippen molar-refractivity contribution in [1.29, 1.82) is 0 Å². The number of hydrogen-bond donors (Lipinski definition) is 3. The van der Waals surface area contributed by atoms with Crippen LogP contribution in [-0.4, -0.2) is 30.6 Å². The van der Waals surface area contributed by atoms with E-state index in [9.17, 15) is 0 Å². The number of thiocarbonyl (C=S) groups is 1.